The molecule has 3 unspecified atom stereocenters. The average Bonchev–Trinajstić information content (AvgIpc) is 3.52. The van der Waals surface area contributed by atoms with Gasteiger partial charge >= 0.3 is 6.18 Å². The maximum absolute atomic E-state index is 13.6. The van der Waals surface area contributed by atoms with Gasteiger partial charge in [-0.25, -0.2) is 4.98 Å². The van der Waals surface area contributed by atoms with Crippen LogP contribution < -0.4 is 25.2 Å². The number of imide groups is 2. The molecule has 336 valence electrons. The Kier molecular flexibility index (Phi) is 12.7. The first-order valence-electron chi connectivity index (χ1n) is 21.7. The van der Waals surface area contributed by atoms with Crippen molar-refractivity contribution in [3.05, 3.63) is 94.9 Å². The molecule has 2 N–H and O–H groups in total. The fourth-order valence-corrected chi connectivity index (χ4v) is 9.19. The van der Waals surface area contributed by atoms with Gasteiger partial charge in [0.05, 0.1) is 48.4 Å². The van der Waals surface area contributed by atoms with E-state index in [1.54, 1.807) is 24.4 Å². The van der Waals surface area contributed by atoms with Gasteiger partial charge in [-0.3, -0.25) is 39.2 Å². The van der Waals surface area contributed by atoms with E-state index in [2.05, 4.69) is 39.3 Å². The van der Waals surface area contributed by atoms with Gasteiger partial charge in [0.1, 0.15) is 11.7 Å². The Balaban J connectivity index is 0.951. The number of benzene rings is 2. The number of fused-ring (bicyclic) bond motifs is 1. The summed E-state index contributed by atoms with van der Waals surface area (Å²) in [5, 5.41) is 4.93. The number of halogens is 3. The molecule has 4 aliphatic heterocycles. The standard InChI is InChI=1S/C47H50F3N7O7/c1-27(2)19-32-26-56(35-7-8-36-38(23-35)46(62)57(45(36)61)39-9-10-41(58)54-43(39)60)13-11-29(32)12-16-64-44-40(55-14-17-63-18-15-55)21-31(24-52-44)37-22-34(25-51-28(37)3)53-42(59)30-5-4-6-33(20-30)47(48,49)50/h4-8,20-25,27,29,32,39H,9-19,26H2,1-3H3,(H,53,59)(H,54,58,60). The van der Waals surface area contributed by atoms with Crippen LogP contribution in [-0.2, 0) is 20.5 Å². The predicted octanol–water partition coefficient (Wildman–Crippen LogP) is 6.92. The van der Waals surface area contributed by atoms with Crippen LogP contribution in [0.15, 0.2) is 67.0 Å². The van der Waals surface area contributed by atoms with Crippen LogP contribution in [-0.4, -0.2) is 96.4 Å². The number of hydrogen-bond donors (Lipinski definition) is 2. The van der Waals surface area contributed by atoms with Crippen LogP contribution in [0.5, 0.6) is 5.88 Å². The molecule has 3 atom stereocenters. The number of nitrogens with one attached hydrogen (secondary N) is 2. The zero-order valence-electron chi connectivity index (χ0n) is 35.9. The predicted molar refractivity (Wildman–Crippen MR) is 231 cm³/mol. The molecule has 4 aromatic rings. The fourth-order valence-electron chi connectivity index (χ4n) is 9.19. The maximum atomic E-state index is 13.6. The van der Waals surface area contributed by atoms with Crippen molar-refractivity contribution in [3.63, 3.8) is 0 Å². The van der Waals surface area contributed by atoms with Crippen LogP contribution in [0.2, 0.25) is 0 Å². The summed E-state index contributed by atoms with van der Waals surface area (Å²) in [6, 6.07) is 12.2. The lowest BCUT2D eigenvalue weighted by Crippen LogP contribution is -2.54. The number of aryl methyl sites for hydroxylation is 1. The van der Waals surface area contributed by atoms with Crippen molar-refractivity contribution >= 4 is 46.6 Å². The first-order valence-corrected chi connectivity index (χ1v) is 21.7. The summed E-state index contributed by atoms with van der Waals surface area (Å²) < 4.78 is 52.1. The third-order valence-electron chi connectivity index (χ3n) is 12.5. The van der Waals surface area contributed by atoms with Gasteiger partial charge in [0.2, 0.25) is 17.7 Å². The number of ether oxygens (including phenoxy) is 2. The third kappa shape index (κ3) is 9.44. The van der Waals surface area contributed by atoms with Gasteiger partial charge in [-0.2, -0.15) is 13.2 Å². The monoisotopic (exact) mass is 881 g/mol. The molecule has 0 aliphatic carbocycles. The number of anilines is 3. The first kappa shape index (κ1) is 44.3. The second kappa shape index (κ2) is 18.4. The number of morpholine rings is 1. The van der Waals surface area contributed by atoms with Gasteiger partial charge in [0.25, 0.3) is 17.7 Å². The molecule has 3 saturated heterocycles. The van der Waals surface area contributed by atoms with Gasteiger partial charge < -0.3 is 24.6 Å². The summed E-state index contributed by atoms with van der Waals surface area (Å²) in [7, 11) is 0. The van der Waals surface area contributed by atoms with Gasteiger partial charge in [0.15, 0.2) is 0 Å². The van der Waals surface area contributed by atoms with Gasteiger partial charge in [-0.05, 0) is 98.9 Å². The molecule has 2 aromatic heterocycles. The van der Waals surface area contributed by atoms with Gasteiger partial charge in [0, 0.05) is 66.9 Å². The van der Waals surface area contributed by atoms with Crippen molar-refractivity contribution in [2.45, 2.75) is 65.1 Å². The Bertz CT molecular complexity index is 2470. The highest BCUT2D eigenvalue weighted by Gasteiger charge is 2.45. The number of rotatable bonds is 12. The number of pyridine rings is 2. The summed E-state index contributed by atoms with van der Waals surface area (Å²) in [6.07, 6.45) is 1.36. The lowest BCUT2D eigenvalue weighted by molar-refractivity contribution is -0.138. The second-order valence-electron chi connectivity index (χ2n) is 17.2. The van der Waals surface area contributed by atoms with Crippen molar-refractivity contribution in [2.75, 3.05) is 61.1 Å². The molecule has 4 aliphatic rings. The van der Waals surface area contributed by atoms with Gasteiger partial charge in [-0.1, -0.05) is 19.9 Å². The molecule has 0 saturated carbocycles. The number of alkyl halides is 3. The quantitative estimate of drug-likeness (QED) is 0.142. The topological polar surface area (TPSA) is 163 Å². The first-order chi connectivity index (χ1) is 30.6. The number of carbonyl (C=O) groups excluding carboxylic acids is 5. The van der Waals surface area contributed by atoms with E-state index in [0.29, 0.717) is 73.5 Å². The largest absolute Gasteiger partial charge is 0.476 e. The van der Waals surface area contributed by atoms with Crippen LogP contribution in [0.1, 0.15) is 88.3 Å². The van der Waals surface area contributed by atoms with E-state index in [4.69, 9.17) is 14.5 Å². The summed E-state index contributed by atoms with van der Waals surface area (Å²) in [5.74, 6) is -1.24. The van der Waals surface area contributed by atoms with E-state index in [0.717, 1.165) is 66.3 Å². The highest BCUT2D eigenvalue weighted by atomic mass is 19.4. The molecule has 8 rings (SSSR count). The molecule has 64 heavy (non-hydrogen) atoms. The average molecular weight is 882 g/mol. The Morgan fingerprint density at radius 2 is 1.69 bits per heavy atom. The maximum Gasteiger partial charge on any atom is 0.416 e. The van der Waals surface area contributed by atoms with Crippen LogP contribution in [0.3, 0.4) is 0 Å². The zero-order chi connectivity index (χ0) is 45.3. The van der Waals surface area contributed by atoms with Crippen LogP contribution >= 0.6 is 0 Å². The van der Waals surface area contributed by atoms with E-state index in [1.807, 2.05) is 19.1 Å². The molecule has 17 heteroatoms. The number of carbonyl (C=O) groups is 5. The summed E-state index contributed by atoms with van der Waals surface area (Å²) in [4.78, 5) is 78.9. The lowest BCUT2D eigenvalue weighted by Gasteiger charge is -2.41. The summed E-state index contributed by atoms with van der Waals surface area (Å²) in [5.41, 5.74) is 3.47. The molecule has 0 bridgehead atoms. The molecule has 0 spiro atoms. The molecule has 3 fully saturated rings. The van der Waals surface area contributed by atoms with Crippen LogP contribution in [0, 0.1) is 24.7 Å². The van der Waals surface area contributed by atoms with E-state index >= 15 is 0 Å². The van der Waals surface area contributed by atoms with Crippen molar-refractivity contribution in [1.82, 2.24) is 20.2 Å². The van der Waals surface area contributed by atoms with E-state index < -0.39 is 47.3 Å². The number of amides is 5. The number of nitrogens with zero attached hydrogens (tertiary/aromatic N) is 5. The van der Waals surface area contributed by atoms with Gasteiger partial charge in [-0.15, -0.1) is 0 Å². The Labute approximate surface area is 368 Å². The van der Waals surface area contributed by atoms with Crippen LogP contribution in [0.4, 0.5) is 30.2 Å². The van der Waals surface area contributed by atoms with Crippen molar-refractivity contribution in [2.24, 2.45) is 17.8 Å². The number of hydrogen-bond acceptors (Lipinski definition) is 11. The van der Waals surface area contributed by atoms with E-state index in [1.165, 1.54) is 18.3 Å². The SMILES string of the molecule is Cc1ncc(NC(=O)c2cccc(C(F)(F)F)c2)cc1-c1cnc(OCCC2CCN(c3ccc4c(c3)C(=O)N(C3CCC(=O)NC3=O)C4=O)CC2CC(C)C)c(N2CCOCC2)c1. The zero-order valence-corrected chi connectivity index (χ0v) is 35.9. The Morgan fingerprint density at radius 1 is 0.906 bits per heavy atom. The summed E-state index contributed by atoms with van der Waals surface area (Å²) >= 11 is 0. The highest BCUT2D eigenvalue weighted by Crippen LogP contribution is 2.38. The Hall–Kier alpha value is -6.36. The molecule has 0 radical (unpaired) electrons. The second-order valence-corrected chi connectivity index (χ2v) is 17.2. The van der Waals surface area contributed by atoms with E-state index in [-0.39, 0.29) is 29.5 Å². The minimum absolute atomic E-state index is 0.0568. The smallest absolute Gasteiger partial charge is 0.416 e. The lowest BCUT2D eigenvalue weighted by atomic mass is 9.78. The third-order valence-corrected chi connectivity index (χ3v) is 12.5. The van der Waals surface area contributed by atoms with Crippen molar-refractivity contribution in [3.8, 4) is 17.0 Å². The molecule has 6 heterocycles. The molecule has 2 aromatic carbocycles. The molecular weight excluding hydrogens is 832 g/mol. The highest BCUT2D eigenvalue weighted by molar-refractivity contribution is 6.23. The number of piperidine rings is 2. The van der Waals surface area contributed by atoms with E-state index in [9.17, 15) is 37.1 Å². The minimum Gasteiger partial charge on any atom is -0.476 e. The molecule has 5 amide bonds. The minimum atomic E-state index is -4.59. The Morgan fingerprint density at radius 3 is 2.44 bits per heavy atom. The summed E-state index contributed by atoms with van der Waals surface area (Å²) in [6.45, 7) is 10.4. The molecular formula is C47H50F3N7O7. The molecule has 14 nitrogen and oxygen atoms in total. The number of aromatic nitrogens is 2. The fraction of sp³-hybridized carbons (Fsp3) is 0.426. The van der Waals surface area contributed by atoms with Crippen LogP contribution in [0.25, 0.3) is 11.1 Å². The van der Waals surface area contributed by atoms with Crippen molar-refractivity contribution < 1.29 is 46.6 Å². The normalized spacial score (nSPS) is 20.4. The van der Waals surface area contributed by atoms with Crippen molar-refractivity contribution in [1.29, 1.82) is 0 Å².